The molecule has 0 heterocycles. The van der Waals surface area contributed by atoms with Crippen molar-refractivity contribution in [2.24, 2.45) is 0 Å². The lowest BCUT2D eigenvalue weighted by Gasteiger charge is -2.08. The highest BCUT2D eigenvalue weighted by atomic mass is 32.2. The van der Waals surface area contributed by atoms with Gasteiger partial charge in [-0.2, -0.15) is 8.42 Å². The second-order valence-corrected chi connectivity index (χ2v) is 5.18. The van der Waals surface area contributed by atoms with Crippen LogP contribution in [-0.2, 0) is 26.7 Å². The van der Waals surface area contributed by atoms with Crippen LogP contribution in [0.3, 0.4) is 0 Å². The molecular weight excluding hydrogens is 232 g/mol. The number of aliphatic hydroxyl groups excluding tert-OH is 1. The van der Waals surface area contributed by atoms with Gasteiger partial charge in [0, 0.05) is 5.56 Å². The van der Waals surface area contributed by atoms with Crippen LogP contribution < -0.4 is 0 Å². The van der Waals surface area contributed by atoms with Crippen molar-refractivity contribution in [3.63, 3.8) is 0 Å². The lowest BCUT2D eigenvalue weighted by atomic mass is 10.1. The van der Waals surface area contributed by atoms with Crippen LogP contribution in [0.25, 0.3) is 0 Å². The average molecular weight is 246 g/mol. The minimum absolute atomic E-state index is 0.0129. The van der Waals surface area contributed by atoms with E-state index in [9.17, 15) is 13.5 Å². The molecule has 0 spiro atoms. The SMILES string of the molecule is COS(=O)(=O)Cc1cc(C)c(O)c(CO)c1. The molecule has 6 heteroatoms. The molecule has 0 fully saturated rings. The fourth-order valence-electron chi connectivity index (χ4n) is 1.40. The van der Waals surface area contributed by atoms with Crippen molar-refractivity contribution in [3.8, 4) is 5.75 Å². The van der Waals surface area contributed by atoms with E-state index in [1.165, 1.54) is 6.07 Å². The number of aliphatic hydroxyl groups is 1. The maximum absolute atomic E-state index is 11.2. The Morgan fingerprint density at radius 2 is 2.00 bits per heavy atom. The summed E-state index contributed by atoms with van der Waals surface area (Å²) >= 11 is 0. The Hall–Kier alpha value is -1.11. The summed E-state index contributed by atoms with van der Waals surface area (Å²) in [6.45, 7) is 1.30. The maximum Gasteiger partial charge on any atom is 0.271 e. The Morgan fingerprint density at radius 3 is 2.50 bits per heavy atom. The van der Waals surface area contributed by atoms with Crippen LogP contribution in [0, 0.1) is 6.92 Å². The van der Waals surface area contributed by atoms with E-state index in [1.54, 1.807) is 13.0 Å². The van der Waals surface area contributed by atoms with Gasteiger partial charge in [-0.05, 0) is 24.1 Å². The molecule has 0 bridgehead atoms. The van der Waals surface area contributed by atoms with Gasteiger partial charge >= 0.3 is 0 Å². The molecule has 0 aliphatic carbocycles. The summed E-state index contributed by atoms with van der Waals surface area (Å²) in [5.41, 5.74) is 1.30. The Kier molecular flexibility index (Phi) is 3.90. The minimum Gasteiger partial charge on any atom is -0.507 e. The molecule has 0 aromatic heterocycles. The standard InChI is InChI=1S/C10H14O5S/c1-7-3-8(6-16(13,14)15-2)4-9(5-11)10(7)12/h3-4,11-12H,5-6H2,1-2H3. The number of rotatable bonds is 4. The van der Waals surface area contributed by atoms with Gasteiger partial charge in [-0.3, -0.25) is 4.18 Å². The molecule has 0 saturated heterocycles. The Morgan fingerprint density at radius 1 is 1.38 bits per heavy atom. The fourth-order valence-corrected chi connectivity index (χ4v) is 2.09. The monoisotopic (exact) mass is 246 g/mol. The smallest absolute Gasteiger partial charge is 0.271 e. The molecule has 1 aromatic rings. The molecule has 0 aliphatic rings. The molecule has 0 atom stereocenters. The molecule has 1 aromatic carbocycles. The van der Waals surface area contributed by atoms with E-state index in [0.717, 1.165) is 7.11 Å². The predicted octanol–water partition coefficient (Wildman–Crippen LogP) is 0.669. The van der Waals surface area contributed by atoms with Crippen molar-refractivity contribution >= 4 is 10.1 Å². The van der Waals surface area contributed by atoms with Gasteiger partial charge in [0.25, 0.3) is 10.1 Å². The number of aromatic hydroxyl groups is 1. The molecule has 16 heavy (non-hydrogen) atoms. The third kappa shape index (κ3) is 2.94. The zero-order valence-electron chi connectivity index (χ0n) is 9.10. The second-order valence-electron chi connectivity index (χ2n) is 3.45. The highest BCUT2D eigenvalue weighted by Crippen LogP contribution is 2.24. The van der Waals surface area contributed by atoms with Crippen molar-refractivity contribution < 1.29 is 22.8 Å². The summed E-state index contributed by atoms with van der Waals surface area (Å²) < 4.78 is 26.8. The molecular formula is C10H14O5S. The first-order valence-electron chi connectivity index (χ1n) is 4.60. The van der Waals surface area contributed by atoms with Crippen LogP contribution in [0.4, 0.5) is 0 Å². The van der Waals surface area contributed by atoms with Crippen molar-refractivity contribution in [2.45, 2.75) is 19.3 Å². The van der Waals surface area contributed by atoms with Gasteiger partial charge in [-0.25, -0.2) is 0 Å². The molecule has 90 valence electrons. The highest BCUT2D eigenvalue weighted by Gasteiger charge is 2.13. The Bertz CT molecular complexity index is 478. The summed E-state index contributed by atoms with van der Waals surface area (Å²) in [5, 5.41) is 18.5. The van der Waals surface area contributed by atoms with E-state index in [2.05, 4.69) is 4.18 Å². The van der Waals surface area contributed by atoms with E-state index < -0.39 is 10.1 Å². The summed E-state index contributed by atoms with van der Waals surface area (Å²) in [4.78, 5) is 0. The molecule has 0 saturated carbocycles. The van der Waals surface area contributed by atoms with E-state index in [-0.39, 0.29) is 18.1 Å². The molecule has 0 amide bonds. The van der Waals surface area contributed by atoms with E-state index in [0.29, 0.717) is 16.7 Å². The van der Waals surface area contributed by atoms with Crippen molar-refractivity contribution in [1.82, 2.24) is 0 Å². The largest absolute Gasteiger partial charge is 0.507 e. The predicted molar refractivity (Wildman–Crippen MR) is 58.4 cm³/mol. The lowest BCUT2D eigenvalue weighted by Crippen LogP contribution is -2.06. The van der Waals surface area contributed by atoms with Gasteiger partial charge in [-0.15, -0.1) is 0 Å². The van der Waals surface area contributed by atoms with Crippen molar-refractivity contribution in [1.29, 1.82) is 0 Å². The first kappa shape index (κ1) is 13.0. The third-order valence-corrected chi connectivity index (χ3v) is 3.40. The molecule has 5 nitrogen and oxygen atoms in total. The van der Waals surface area contributed by atoms with Gasteiger partial charge in [0.15, 0.2) is 0 Å². The van der Waals surface area contributed by atoms with E-state index in [4.69, 9.17) is 5.11 Å². The quantitative estimate of drug-likeness (QED) is 0.763. The van der Waals surface area contributed by atoms with Crippen LogP contribution in [-0.4, -0.2) is 25.7 Å². The van der Waals surface area contributed by atoms with E-state index in [1.807, 2.05) is 0 Å². The first-order chi connectivity index (χ1) is 7.39. The van der Waals surface area contributed by atoms with E-state index >= 15 is 0 Å². The summed E-state index contributed by atoms with van der Waals surface area (Å²) in [5.74, 6) is -0.293. The van der Waals surface area contributed by atoms with Gasteiger partial charge in [0.1, 0.15) is 11.5 Å². The van der Waals surface area contributed by atoms with Gasteiger partial charge in [0.2, 0.25) is 0 Å². The summed E-state index contributed by atoms with van der Waals surface area (Å²) in [7, 11) is -2.50. The average Bonchev–Trinajstić information content (AvgIpc) is 2.22. The molecule has 1 rings (SSSR count). The zero-order chi connectivity index (χ0) is 12.3. The van der Waals surface area contributed by atoms with Crippen LogP contribution in [0.1, 0.15) is 16.7 Å². The normalized spacial score (nSPS) is 11.7. The lowest BCUT2D eigenvalue weighted by molar-refractivity contribution is 0.275. The third-order valence-electron chi connectivity index (χ3n) is 2.21. The number of aryl methyl sites for hydroxylation is 1. The van der Waals surface area contributed by atoms with Crippen molar-refractivity contribution in [3.05, 3.63) is 28.8 Å². The zero-order valence-corrected chi connectivity index (χ0v) is 9.91. The first-order valence-corrected chi connectivity index (χ1v) is 6.18. The molecule has 0 radical (unpaired) electrons. The maximum atomic E-state index is 11.2. The molecule has 0 aliphatic heterocycles. The van der Waals surface area contributed by atoms with Crippen LogP contribution in [0.15, 0.2) is 12.1 Å². The topological polar surface area (TPSA) is 83.8 Å². The Balaban J connectivity index is 3.13. The van der Waals surface area contributed by atoms with Gasteiger partial charge in [0.05, 0.1) is 13.7 Å². The van der Waals surface area contributed by atoms with Gasteiger partial charge < -0.3 is 10.2 Å². The van der Waals surface area contributed by atoms with Crippen LogP contribution in [0.5, 0.6) is 5.75 Å². The fraction of sp³-hybridized carbons (Fsp3) is 0.400. The number of benzene rings is 1. The second kappa shape index (κ2) is 4.82. The number of hydrogen-bond donors (Lipinski definition) is 2. The molecule has 2 N–H and O–H groups in total. The van der Waals surface area contributed by atoms with Gasteiger partial charge in [-0.1, -0.05) is 6.07 Å². The van der Waals surface area contributed by atoms with Crippen LogP contribution in [0.2, 0.25) is 0 Å². The van der Waals surface area contributed by atoms with Crippen LogP contribution >= 0.6 is 0 Å². The number of phenols is 1. The summed E-state index contributed by atoms with van der Waals surface area (Å²) in [6.07, 6.45) is 0. The number of hydrogen-bond acceptors (Lipinski definition) is 5. The Labute approximate surface area is 94.4 Å². The minimum atomic E-state index is -3.59. The van der Waals surface area contributed by atoms with Crippen molar-refractivity contribution in [2.75, 3.05) is 7.11 Å². The molecule has 0 unspecified atom stereocenters. The summed E-state index contributed by atoms with van der Waals surface area (Å²) in [6, 6.07) is 2.99. The highest BCUT2D eigenvalue weighted by molar-refractivity contribution is 7.85.